The minimum absolute atomic E-state index is 0.0823. The van der Waals surface area contributed by atoms with E-state index in [1.165, 1.54) is 5.56 Å². The third kappa shape index (κ3) is 4.91. The highest BCUT2D eigenvalue weighted by atomic mass is 16.5. The monoisotopic (exact) mass is 264 g/mol. The molecule has 0 saturated heterocycles. The van der Waals surface area contributed by atoms with Crippen LogP contribution in [0.25, 0.3) is 0 Å². The molecule has 1 atom stereocenters. The summed E-state index contributed by atoms with van der Waals surface area (Å²) >= 11 is 0. The van der Waals surface area contributed by atoms with Gasteiger partial charge in [0.05, 0.1) is 0 Å². The smallest absolute Gasteiger partial charge is 0.260 e. The van der Waals surface area contributed by atoms with E-state index in [1.54, 1.807) is 6.92 Å². The number of rotatable bonds is 7. The second-order valence-corrected chi connectivity index (χ2v) is 4.70. The molecule has 0 spiro atoms. The molecular weight excluding hydrogens is 240 g/mol. The average Bonchev–Trinajstić information content (AvgIpc) is 2.39. The number of nitrogens with two attached hydrogens (primary N) is 1. The summed E-state index contributed by atoms with van der Waals surface area (Å²) in [6.45, 7) is 7.05. The van der Waals surface area contributed by atoms with Crippen LogP contribution in [0.15, 0.2) is 18.2 Å². The molecular formula is C15H24N2O2. The Kier molecular flexibility index (Phi) is 6.36. The molecule has 0 fully saturated rings. The zero-order valence-corrected chi connectivity index (χ0v) is 12.0. The zero-order chi connectivity index (χ0) is 14.3. The molecule has 1 unspecified atom stereocenters. The van der Waals surface area contributed by atoms with Gasteiger partial charge in [-0.15, -0.1) is 0 Å². The molecule has 0 radical (unpaired) electrons. The standard InChI is InChI=1S/C15H24N2O2/c1-4-9-17-15(18)12(3)19-14-6-5-11(2)10-13(14)7-8-16/h5-6,10,12H,4,7-9,16H2,1-3H3,(H,17,18). The number of carbonyl (C=O) groups excluding carboxylic acids is 1. The fourth-order valence-corrected chi connectivity index (χ4v) is 1.81. The van der Waals surface area contributed by atoms with Gasteiger partial charge in [0.15, 0.2) is 6.10 Å². The van der Waals surface area contributed by atoms with Crippen molar-refractivity contribution in [2.24, 2.45) is 5.73 Å². The predicted octanol–water partition coefficient (Wildman–Crippen LogP) is 1.79. The van der Waals surface area contributed by atoms with Gasteiger partial charge in [-0.25, -0.2) is 0 Å². The van der Waals surface area contributed by atoms with Crippen molar-refractivity contribution in [3.8, 4) is 5.75 Å². The third-order valence-corrected chi connectivity index (χ3v) is 2.85. The summed E-state index contributed by atoms with van der Waals surface area (Å²) in [6, 6.07) is 5.94. The summed E-state index contributed by atoms with van der Waals surface area (Å²) in [7, 11) is 0. The maximum Gasteiger partial charge on any atom is 0.260 e. The zero-order valence-electron chi connectivity index (χ0n) is 12.0. The number of nitrogens with one attached hydrogen (secondary N) is 1. The van der Waals surface area contributed by atoms with Crippen molar-refractivity contribution in [1.82, 2.24) is 5.32 Å². The largest absolute Gasteiger partial charge is 0.481 e. The molecule has 106 valence electrons. The van der Waals surface area contributed by atoms with E-state index in [1.807, 2.05) is 26.0 Å². The van der Waals surface area contributed by atoms with E-state index >= 15 is 0 Å². The van der Waals surface area contributed by atoms with Crippen molar-refractivity contribution in [1.29, 1.82) is 0 Å². The Balaban J connectivity index is 2.72. The van der Waals surface area contributed by atoms with Crippen molar-refractivity contribution < 1.29 is 9.53 Å². The highest BCUT2D eigenvalue weighted by Crippen LogP contribution is 2.21. The van der Waals surface area contributed by atoms with E-state index in [-0.39, 0.29) is 5.91 Å². The van der Waals surface area contributed by atoms with Crippen LogP contribution in [0.4, 0.5) is 0 Å². The van der Waals surface area contributed by atoms with E-state index in [4.69, 9.17) is 10.5 Å². The number of aryl methyl sites for hydroxylation is 1. The first-order valence-electron chi connectivity index (χ1n) is 6.82. The Morgan fingerprint density at radius 3 is 2.84 bits per heavy atom. The van der Waals surface area contributed by atoms with Crippen LogP contribution in [0.1, 0.15) is 31.4 Å². The second-order valence-electron chi connectivity index (χ2n) is 4.70. The molecule has 3 N–H and O–H groups in total. The van der Waals surface area contributed by atoms with Gasteiger partial charge in [0.2, 0.25) is 0 Å². The molecule has 1 aromatic rings. The van der Waals surface area contributed by atoms with Crippen LogP contribution in [0.3, 0.4) is 0 Å². The highest BCUT2D eigenvalue weighted by molar-refractivity contribution is 5.80. The van der Waals surface area contributed by atoms with Crippen LogP contribution >= 0.6 is 0 Å². The Morgan fingerprint density at radius 2 is 2.21 bits per heavy atom. The molecule has 0 bridgehead atoms. The fraction of sp³-hybridized carbons (Fsp3) is 0.533. The molecule has 0 aliphatic heterocycles. The van der Waals surface area contributed by atoms with Crippen LogP contribution in [0.2, 0.25) is 0 Å². The van der Waals surface area contributed by atoms with E-state index < -0.39 is 6.10 Å². The molecule has 4 heteroatoms. The molecule has 1 aromatic carbocycles. The van der Waals surface area contributed by atoms with Crippen molar-refractivity contribution in [3.05, 3.63) is 29.3 Å². The van der Waals surface area contributed by atoms with Gasteiger partial charge in [-0.05, 0) is 44.9 Å². The minimum atomic E-state index is -0.495. The third-order valence-electron chi connectivity index (χ3n) is 2.85. The number of hydrogen-bond acceptors (Lipinski definition) is 3. The van der Waals surface area contributed by atoms with Crippen LogP contribution in [-0.4, -0.2) is 25.1 Å². The Hall–Kier alpha value is -1.55. The molecule has 1 amide bonds. The van der Waals surface area contributed by atoms with Gasteiger partial charge in [-0.3, -0.25) is 4.79 Å². The Morgan fingerprint density at radius 1 is 1.47 bits per heavy atom. The van der Waals surface area contributed by atoms with Crippen molar-refractivity contribution in [2.45, 2.75) is 39.7 Å². The maximum atomic E-state index is 11.8. The van der Waals surface area contributed by atoms with Crippen molar-refractivity contribution in [2.75, 3.05) is 13.1 Å². The molecule has 19 heavy (non-hydrogen) atoms. The quantitative estimate of drug-likeness (QED) is 0.789. The molecule has 0 aliphatic rings. The fourth-order valence-electron chi connectivity index (χ4n) is 1.81. The second kappa shape index (κ2) is 7.79. The van der Waals surface area contributed by atoms with Crippen LogP contribution in [-0.2, 0) is 11.2 Å². The lowest BCUT2D eigenvalue weighted by atomic mass is 10.1. The molecule has 1 rings (SSSR count). The van der Waals surface area contributed by atoms with Crippen molar-refractivity contribution in [3.63, 3.8) is 0 Å². The van der Waals surface area contributed by atoms with E-state index in [2.05, 4.69) is 11.4 Å². The Labute approximate surface area is 115 Å². The number of carbonyl (C=O) groups is 1. The molecule has 0 heterocycles. The SMILES string of the molecule is CCCNC(=O)C(C)Oc1ccc(C)cc1CCN. The number of amides is 1. The summed E-state index contributed by atoms with van der Waals surface area (Å²) in [4.78, 5) is 11.8. The van der Waals surface area contributed by atoms with Crippen LogP contribution in [0, 0.1) is 6.92 Å². The average molecular weight is 264 g/mol. The van der Waals surface area contributed by atoms with Gasteiger partial charge < -0.3 is 15.8 Å². The summed E-state index contributed by atoms with van der Waals surface area (Å²) in [6.07, 6.45) is 1.17. The van der Waals surface area contributed by atoms with Gasteiger partial charge in [-0.1, -0.05) is 24.6 Å². The lowest BCUT2D eigenvalue weighted by Crippen LogP contribution is -2.36. The Bertz CT molecular complexity index is 419. The molecule has 4 nitrogen and oxygen atoms in total. The van der Waals surface area contributed by atoms with Gasteiger partial charge in [-0.2, -0.15) is 0 Å². The highest BCUT2D eigenvalue weighted by Gasteiger charge is 2.15. The van der Waals surface area contributed by atoms with E-state index in [0.717, 1.165) is 24.2 Å². The molecule has 0 aromatic heterocycles. The summed E-state index contributed by atoms with van der Waals surface area (Å²) in [5.41, 5.74) is 7.82. The number of hydrogen-bond donors (Lipinski definition) is 2. The van der Waals surface area contributed by atoms with E-state index in [0.29, 0.717) is 13.1 Å². The lowest BCUT2D eigenvalue weighted by Gasteiger charge is -2.17. The first-order valence-corrected chi connectivity index (χ1v) is 6.82. The lowest BCUT2D eigenvalue weighted by molar-refractivity contribution is -0.127. The van der Waals surface area contributed by atoms with Gasteiger partial charge in [0, 0.05) is 6.54 Å². The number of ether oxygens (including phenoxy) is 1. The predicted molar refractivity (Wildman–Crippen MR) is 77.3 cm³/mol. The molecule has 0 aliphatic carbocycles. The summed E-state index contributed by atoms with van der Waals surface area (Å²) in [5, 5.41) is 2.83. The van der Waals surface area contributed by atoms with Crippen LogP contribution in [0.5, 0.6) is 5.75 Å². The number of benzene rings is 1. The van der Waals surface area contributed by atoms with Crippen molar-refractivity contribution >= 4 is 5.91 Å². The minimum Gasteiger partial charge on any atom is -0.481 e. The maximum absolute atomic E-state index is 11.8. The van der Waals surface area contributed by atoms with E-state index in [9.17, 15) is 4.79 Å². The molecule has 0 saturated carbocycles. The first kappa shape index (κ1) is 15.5. The first-order chi connectivity index (χ1) is 9.08. The van der Waals surface area contributed by atoms with Crippen LogP contribution < -0.4 is 15.8 Å². The van der Waals surface area contributed by atoms with Gasteiger partial charge in [0.1, 0.15) is 5.75 Å². The van der Waals surface area contributed by atoms with Gasteiger partial charge in [0.25, 0.3) is 5.91 Å². The summed E-state index contributed by atoms with van der Waals surface area (Å²) in [5.74, 6) is 0.663. The van der Waals surface area contributed by atoms with Gasteiger partial charge >= 0.3 is 0 Å². The normalized spacial score (nSPS) is 12.0. The topological polar surface area (TPSA) is 64.3 Å². The summed E-state index contributed by atoms with van der Waals surface area (Å²) < 4.78 is 5.74.